The molecule has 0 saturated carbocycles. The van der Waals surface area contributed by atoms with Crippen molar-refractivity contribution in [1.82, 2.24) is 20.4 Å². The molecule has 0 spiro atoms. The van der Waals surface area contributed by atoms with E-state index in [0.717, 1.165) is 16.7 Å². The summed E-state index contributed by atoms with van der Waals surface area (Å²) in [7, 11) is 3.22. The number of nitrogens with one attached hydrogen (secondary N) is 2. The highest BCUT2D eigenvalue weighted by atomic mass is 16.5. The second-order valence-electron chi connectivity index (χ2n) is 6.57. The van der Waals surface area contributed by atoms with Crippen LogP contribution in [0.5, 0.6) is 11.5 Å². The summed E-state index contributed by atoms with van der Waals surface area (Å²) in [4.78, 5) is 12.1. The molecule has 2 N–H and O–H groups in total. The van der Waals surface area contributed by atoms with Gasteiger partial charge in [-0.3, -0.25) is 4.68 Å². The first kappa shape index (κ1) is 20.3. The standard InChI is InChI=1S/C22H26N4O3/c1-28-20-8-7-17(14-21(20)29-2)9-11-23-22(27)24-15-18-5-3-6-19(13-18)16-26-12-4-10-25-26/h3-8,10,12-14H,9,11,15-16H2,1-2H3,(H2,23,24,27). The number of nitrogens with zero attached hydrogens (tertiary/aromatic N) is 2. The first-order chi connectivity index (χ1) is 14.2. The van der Waals surface area contributed by atoms with E-state index >= 15 is 0 Å². The molecular formula is C22H26N4O3. The molecule has 0 aliphatic carbocycles. The molecule has 0 bridgehead atoms. The lowest BCUT2D eigenvalue weighted by Gasteiger charge is -2.11. The summed E-state index contributed by atoms with van der Waals surface area (Å²) in [6.07, 6.45) is 4.39. The van der Waals surface area contributed by atoms with Crippen molar-refractivity contribution in [2.24, 2.45) is 0 Å². The van der Waals surface area contributed by atoms with Gasteiger partial charge in [0.2, 0.25) is 0 Å². The van der Waals surface area contributed by atoms with Crippen molar-refractivity contribution in [3.05, 3.63) is 77.6 Å². The predicted molar refractivity (Wildman–Crippen MR) is 111 cm³/mol. The molecule has 0 aliphatic heterocycles. The van der Waals surface area contributed by atoms with Crippen LogP contribution in [0.3, 0.4) is 0 Å². The van der Waals surface area contributed by atoms with Crippen LogP contribution in [-0.4, -0.2) is 36.6 Å². The normalized spacial score (nSPS) is 10.4. The van der Waals surface area contributed by atoms with E-state index < -0.39 is 0 Å². The maximum Gasteiger partial charge on any atom is 0.315 e. The van der Waals surface area contributed by atoms with Crippen molar-refractivity contribution in [2.45, 2.75) is 19.5 Å². The minimum absolute atomic E-state index is 0.192. The van der Waals surface area contributed by atoms with E-state index in [1.165, 1.54) is 0 Å². The molecule has 3 aromatic rings. The van der Waals surface area contributed by atoms with Gasteiger partial charge in [-0.2, -0.15) is 5.10 Å². The zero-order chi connectivity index (χ0) is 20.5. The quantitative estimate of drug-likeness (QED) is 0.585. The van der Waals surface area contributed by atoms with Crippen LogP contribution in [0.15, 0.2) is 60.9 Å². The summed E-state index contributed by atoms with van der Waals surface area (Å²) < 4.78 is 12.4. The van der Waals surface area contributed by atoms with Crippen molar-refractivity contribution in [2.75, 3.05) is 20.8 Å². The first-order valence-corrected chi connectivity index (χ1v) is 9.46. The highest BCUT2D eigenvalue weighted by Crippen LogP contribution is 2.27. The van der Waals surface area contributed by atoms with Crippen LogP contribution in [0.25, 0.3) is 0 Å². The van der Waals surface area contributed by atoms with Gasteiger partial charge in [-0.15, -0.1) is 0 Å². The average molecular weight is 394 g/mol. The third-order valence-corrected chi connectivity index (χ3v) is 4.50. The Balaban J connectivity index is 1.43. The molecule has 0 saturated heterocycles. The topological polar surface area (TPSA) is 77.4 Å². The number of hydrogen-bond acceptors (Lipinski definition) is 4. The molecular weight excluding hydrogens is 368 g/mol. The lowest BCUT2D eigenvalue weighted by atomic mass is 10.1. The molecule has 7 nitrogen and oxygen atoms in total. The fourth-order valence-electron chi connectivity index (χ4n) is 3.02. The van der Waals surface area contributed by atoms with E-state index in [4.69, 9.17) is 9.47 Å². The molecule has 2 amide bonds. The molecule has 2 aromatic carbocycles. The Morgan fingerprint density at radius 3 is 2.55 bits per heavy atom. The molecule has 0 radical (unpaired) electrons. The van der Waals surface area contributed by atoms with Gasteiger partial charge in [-0.1, -0.05) is 30.3 Å². The average Bonchev–Trinajstić information content (AvgIpc) is 3.25. The summed E-state index contributed by atoms with van der Waals surface area (Å²) in [6.45, 7) is 1.70. The summed E-state index contributed by atoms with van der Waals surface area (Å²) >= 11 is 0. The van der Waals surface area contributed by atoms with Gasteiger partial charge in [0.15, 0.2) is 11.5 Å². The Labute approximate surface area is 170 Å². The predicted octanol–water partition coefficient (Wildman–Crippen LogP) is 2.99. The highest BCUT2D eigenvalue weighted by Gasteiger charge is 2.06. The van der Waals surface area contributed by atoms with Gasteiger partial charge in [-0.25, -0.2) is 4.79 Å². The zero-order valence-electron chi connectivity index (χ0n) is 16.7. The van der Waals surface area contributed by atoms with Crippen molar-refractivity contribution >= 4 is 6.03 Å². The maximum absolute atomic E-state index is 12.1. The van der Waals surface area contributed by atoms with Crippen LogP contribution < -0.4 is 20.1 Å². The van der Waals surface area contributed by atoms with Crippen LogP contribution in [0.4, 0.5) is 4.79 Å². The van der Waals surface area contributed by atoms with Gasteiger partial charge in [0, 0.05) is 25.5 Å². The molecule has 0 unspecified atom stereocenters. The zero-order valence-corrected chi connectivity index (χ0v) is 16.7. The Morgan fingerprint density at radius 1 is 0.966 bits per heavy atom. The molecule has 1 heterocycles. The van der Waals surface area contributed by atoms with Crippen LogP contribution in [0.1, 0.15) is 16.7 Å². The van der Waals surface area contributed by atoms with E-state index in [9.17, 15) is 4.79 Å². The third-order valence-electron chi connectivity index (χ3n) is 4.50. The van der Waals surface area contributed by atoms with Gasteiger partial charge in [0.05, 0.1) is 20.8 Å². The number of ether oxygens (including phenoxy) is 2. The minimum Gasteiger partial charge on any atom is -0.493 e. The first-order valence-electron chi connectivity index (χ1n) is 9.46. The monoisotopic (exact) mass is 394 g/mol. The van der Waals surface area contributed by atoms with Gasteiger partial charge in [-0.05, 0) is 41.3 Å². The van der Waals surface area contributed by atoms with Gasteiger partial charge in [0.1, 0.15) is 0 Å². The number of hydrogen-bond donors (Lipinski definition) is 2. The van der Waals surface area contributed by atoms with Gasteiger partial charge >= 0.3 is 6.03 Å². The van der Waals surface area contributed by atoms with Crippen LogP contribution >= 0.6 is 0 Å². The van der Waals surface area contributed by atoms with Crippen LogP contribution in [0.2, 0.25) is 0 Å². The minimum atomic E-state index is -0.192. The molecule has 0 fully saturated rings. The Hall–Kier alpha value is -3.48. The number of carbonyl (C=O) groups is 1. The maximum atomic E-state index is 12.1. The fraction of sp³-hybridized carbons (Fsp3) is 0.273. The summed E-state index contributed by atoms with van der Waals surface area (Å²) in [5.74, 6) is 1.38. The highest BCUT2D eigenvalue weighted by molar-refractivity contribution is 5.73. The number of methoxy groups -OCH3 is 2. The van der Waals surface area contributed by atoms with E-state index in [2.05, 4.69) is 21.8 Å². The summed E-state index contributed by atoms with van der Waals surface area (Å²) in [6, 6.07) is 15.6. The number of carbonyl (C=O) groups excluding carboxylic acids is 1. The van der Waals surface area contributed by atoms with E-state index in [0.29, 0.717) is 37.6 Å². The SMILES string of the molecule is COc1ccc(CCNC(=O)NCc2cccc(Cn3cccn3)c2)cc1OC. The lowest BCUT2D eigenvalue weighted by Crippen LogP contribution is -2.36. The largest absolute Gasteiger partial charge is 0.493 e. The third kappa shape index (κ3) is 6.00. The second kappa shape index (κ2) is 10.2. The summed E-state index contributed by atoms with van der Waals surface area (Å²) in [5.41, 5.74) is 3.25. The number of rotatable bonds is 9. The van der Waals surface area contributed by atoms with Gasteiger partial charge < -0.3 is 20.1 Å². The second-order valence-corrected chi connectivity index (χ2v) is 6.57. The molecule has 29 heavy (non-hydrogen) atoms. The Kier molecular flexibility index (Phi) is 7.10. The van der Waals surface area contributed by atoms with E-state index in [-0.39, 0.29) is 6.03 Å². The Bertz CT molecular complexity index is 926. The molecule has 0 atom stereocenters. The van der Waals surface area contributed by atoms with E-state index in [1.807, 2.05) is 53.3 Å². The Morgan fingerprint density at radius 2 is 1.79 bits per heavy atom. The summed E-state index contributed by atoms with van der Waals surface area (Å²) in [5, 5.41) is 9.99. The van der Waals surface area contributed by atoms with Gasteiger partial charge in [0.25, 0.3) is 0 Å². The fourth-order valence-corrected chi connectivity index (χ4v) is 3.02. The van der Waals surface area contributed by atoms with Crippen molar-refractivity contribution in [3.8, 4) is 11.5 Å². The van der Waals surface area contributed by atoms with Crippen LogP contribution in [-0.2, 0) is 19.5 Å². The number of aromatic nitrogens is 2. The molecule has 7 heteroatoms. The number of amides is 2. The number of urea groups is 1. The molecule has 3 rings (SSSR count). The van der Waals surface area contributed by atoms with Crippen LogP contribution in [0, 0.1) is 0 Å². The van der Waals surface area contributed by atoms with E-state index in [1.54, 1.807) is 20.4 Å². The van der Waals surface area contributed by atoms with Crippen molar-refractivity contribution in [3.63, 3.8) is 0 Å². The van der Waals surface area contributed by atoms with Crippen molar-refractivity contribution in [1.29, 1.82) is 0 Å². The molecule has 1 aromatic heterocycles. The lowest BCUT2D eigenvalue weighted by molar-refractivity contribution is 0.240. The molecule has 0 aliphatic rings. The number of benzene rings is 2. The van der Waals surface area contributed by atoms with Crippen molar-refractivity contribution < 1.29 is 14.3 Å². The molecule has 152 valence electrons. The smallest absolute Gasteiger partial charge is 0.315 e.